The maximum Gasteiger partial charge on any atom is 0.407 e. The number of alkyl carbamates (subject to hydrolysis) is 2. The van der Waals surface area contributed by atoms with E-state index >= 15 is 0 Å². The van der Waals surface area contributed by atoms with Crippen molar-refractivity contribution >= 4 is 24.0 Å². The molecule has 9 rings (SSSR count). The van der Waals surface area contributed by atoms with Gasteiger partial charge in [-0.1, -0.05) is 95.0 Å². The molecule has 1 spiro atoms. The van der Waals surface area contributed by atoms with E-state index in [0.717, 1.165) is 54.7 Å². The number of imidazole rings is 2. The van der Waals surface area contributed by atoms with Gasteiger partial charge in [0, 0.05) is 18.7 Å². The number of nitrogens with zero attached hydrogens (tertiary/aromatic N) is 4. The normalized spacial score (nSPS) is 19.1. The summed E-state index contributed by atoms with van der Waals surface area (Å²) in [5.74, 6) is 7.52. The molecule has 3 aromatic carbocycles. The van der Waals surface area contributed by atoms with Crippen LogP contribution < -0.4 is 10.6 Å². The van der Waals surface area contributed by atoms with Crippen molar-refractivity contribution in [2.45, 2.75) is 121 Å². The Kier molecular flexibility index (Phi) is 13.7. The Morgan fingerprint density at radius 2 is 1.17 bits per heavy atom. The van der Waals surface area contributed by atoms with Crippen LogP contribution in [0.3, 0.4) is 0 Å². The first kappa shape index (κ1) is 47.2. The molecule has 4 amide bonds. The van der Waals surface area contributed by atoms with Crippen molar-refractivity contribution in [3.05, 3.63) is 107 Å². The molecular weight excluding hydrogens is 869 g/mol. The molecule has 2 aliphatic heterocycles. The largest absolute Gasteiger partial charge is 0.453 e. The van der Waals surface area contributed by atoms with Crippen LogP contribution in [0.25, 0.3) is 33.5 Å². The van der Waals surface area contributed by atoms with E-state index in [0.29, 0.717) is 24.6 Å². The third kappa shape index (κ3) is 9.48. The Bertz CT molecular complexity index is 2760. The smallest absolute Gasteiger partial charge is 0.407 e. The Morgan fingerprint density at radius 3 is 1.75 bits per heavy atom. The number of ether oxygens (including phenoxy) is 2. The molecule has 4 N–H and O–H groups in total. The number of H-pyrrole nitrogens is 2. The number of rotatable bonds is 11. The number of fused-ring (bicyclic) bond motifs is 2. The third-order valence-electron chi connectivity index (χ3n) is 15.0. The second kappa shape index (κ2) is 20.0. The number of likely N-dealkylation sites (tertiary alicyclic amines) is 2. The monoisotopic (exact) mass is 932 g/mol. The summed E-state index contributed by atoms with van der Waals surface area (Å²) in [4.78, 5) is 71.3. The van der Waals surface area contributed by atoms with Gasteiger partial charge < -0.3 is 39.9 Å². The van der Waals surface area contributed by atoms with Crippen LogP contribution in [-0.2, 0) is 30.9 Å². The van der Waals surface area contributed by atoms with Crippen LogP contribution in [0.4, 0.5) is 9.59 Å². The van der Waals surface area contributed by atoms with Gasteiger partial charge in [-0.25, -0.2) is 19.6 Å². The molecule has 69 heavy (non-hydrogen) atoms. The van der Waals surface area contributed by atoms with Gasteiger partial charge in [-0.3, -0.25) is 9.59 Å². The van der Waals surface area contributed by atoms with Crippen LogP contribution in [0.5, 0.6) is 0 Å². The zero-order valence-corrected chi connectivity index (χ0v) is 40.6. The molecule has 4 aliphatic rings. The van der Waals surface area contributed by atoms with Crippen molar-refractivity contribution in [3.63, 3.8) is 0 Å². The summed E-state index contributed by atoms with van der Waals surface area (Å²) in [6.45, 7) is 8.84. The van der Waals surface area contributed by atoms with Crippen LogP contribution in [0.1, 0.15) is 132 Å². The van der Waals surface area contributed by atoms with Gasteiger partial charge in [-0.05, 0) is 126 Å². The molecular formula is C55H64N8O6. The number of carbonyl (C=O) groups is 4. The Labute approximate surface area is 404 Å². The lowest BCUT2D eigenvalue weighted by Crippen LogP contribution is -2.51. The Morgan fingerprint density at radius 1 is 0.652 bits per heavy atom. The quantitative estimate of drug-likeness (QED) is 0.0948. The van der Waals surface area contributed by atoms with Crippen LogP contribution in [0.2, 0.25) is 0 Å². The van der Waals surface area contributed by atoms with Crippen molar-refractivity contribution in [2.75, 3.05) is 27.3 Å². The number of carbonyl (C=O) groups excluding carboxylic acids is 4. The van der Waals surface area contributed by atoms with Gasteiger partial charge in [-0.2, -0.15) is 0 Å². The Hall–Kier alpha value is -6.88. The van der Waals surface area contributed by atoms with Crippen molar-refractivity contribution < 1.29 is 28.7 Å². The molecule has 14 nitrogen and oxygen atoms in total. The van der Waals surface area contributed by atoms with Crippen molar-refractivity contribution in [1.29, 1.82) is 0 Å². The third-order valence-corrected chi connectivity index (χ3v) is 15.0. The standard InChI is InChI=1S/C55H64N8O6/c1-33(2)47(60-53(66)68-5)51(64)62-29-9-11-44(62)49-56-31-39(58-49)22-15-35-13-16-36(17-14-35)40-23-24-41(46-42(40)25-28-55(46)26-7-8-27-55)37-18-20-38(21-19-37)43-32-57-50(59-43)45-12-10-30-63(45)52(65)48(34(3)4)61-54(67)69-6/h13-14,16-21,23-24,31-34,44-45,47-48H,7-12,25-30H2,1-6H3,(H,56,58)(H,57,59)(H,60,66)(H,61,67)/t44-,45-,47-,48-/m0/s1. The molecule has 0 unspecified atom stereocenters. The second-order valence-corrected chi connectivity index (χ2v) is 19.9. The van der Waals surface area contributed by atoms with Gasteiger partial charge in [0.1, 0.15) is 29.4 Å². The van der Waals surface area contributed by atoms with Crippen LogP contribution in [-0.4, -0.2) is 93.1 Å². The van der Waals surface area contributed by atoms with E-state index in [4.69, 9.17) is 14.5 Å². The fourth-order valence-corrected chi connectivity index (χ4v) is 11.4. The van der Waals surface area contributed by atoms with Crippen molar-refractivity contribution in [3.8, 4) is 45.4 Å². The summed E-state index contributed by atoms with van der Waals surface area (Å²) in [6, 6.07) is 20.2. The van der Waals surface area contributed by atoms with Gasteiger partial charge in [0.05, 0.1) is 44.4 Å². The maximum absolute atomic E-state index is 13.7. The van der Waals surface area contributed by atoms with E-state index in [2.05, 4.69) is 98.1 Å². The number of amides is 4. The van der Waals surface area contributed by atoms with Crippen LogP contribution >= 0.6 is 0 Å². The summed E-state index contributed by atoms with van der Waals surface area (Å²) in [7, 11) is 2.60. The molecule has 14 heteroatoms. The molecule has 2 aliphatic carbocycles. The zero-order chi connectivity index (χ0) is 48.4. The number of methoxy groups -OCH3 is 2. The predicted octanol–water partition coefficient (Wildman–Crippen LogP) is 9.38. The minimum Gasteiger partial charge on any atom is -0.453 e. The fraction of sp³-hybridized carbons (Fsp3) is 0.455. The lowest BCUT2D eigenvalue weighted by molar-refractivity contribution is -0.136. The van der Waals surface area contributed by atoms with E-state index in [-0.39, 0.29) is 41.1 Å². The predicted molar refractivity (Wildman–Crippen MR) is 264 cm³/mol. The highest BCUT2D eigenvalue weighted by Crippen LogP contribution is 2.55. The van der Waals surface area contributed by atoms with E-state index in [1.165, 1.54) is 79.7 Å². The molecule has 1 saturated carbocycles. The molecule has 2 saturated heterocycles. The molecule has 0 bridgehead atoms. The summed E-state index contributed by atoms with van der Waals surface area (Å²) in [5, 5.41) is 5.44. The lowest BCUT2D eigenvalue weighted by atomic mass is 9.76. The molecule has 0 radical (unpaired) electrons. The number of hydrogen-bond acceptors (Lipinski definition) is 8. The highest BCUT2D eigenvalue weighted by molar-refractivity contribution is 5.87. The average molecular weight is 933 g/mol. The summed E-state index contributed by atoms with van der Waals surface area (Å²) in [5.41, 5.74) is 11.6. The van der Waals surface area contributed by atoms with Gasteiger partial charge in [0.2, 0.25) is 11.8 Å². The molecule has 2 aromatic heterocycles. The van der Waals surface area contributed by atoms with E-state index < -0.39 is 24.3 Å². The second-order valence-electron chi connectivity index (χ2n) is 19.9. The first-order valence-electron chi connectivity index (χ1n) is 24.7. The van der Waals surface area contributed by atoms with Crippen LogP contribution in [0.15, 0.2) is 73.1 Å². The summed E-state index contributed by atoms with van der Waals surface area (Å²) >= 11 is 0. The molecule has 4 heterocycles. The Balaban J connectivity index is 0.909. The van der Waals surface area contributed by atoms with E-state index in [9.17, 15) is 19.2 Å². The van der Waals surface area contributed by atoms with Gasteiger partial charge in [0.15, 0.2) is 0 Å². The average Bonchev–Trinajstić information content (AvgIpc) is 4.24. The highest BCUT2D eigenvalue weighted by atomic mass is 16.5. The SMILES string of the molecule is COC(=O)N[C@H](C(=O)N1CCC[C@H]1c1ncc(C#Cc2ccc(-c3ccc(-c4ccc(-c5cnc([C@@H]6CCCN6C(=O)[C@@H](NC(=O)OC)C(C)C)[nH]5)cc4)c4c3CCC43CCCC3)cc2)[nH]1)C(C)C. The van der Waals surface area contributed by atoms with E-state index in [1.807, 2.05) is 38.8 Å². The first-order chi connectivity index (χ1) is 33.4. The van der Waals surface area contributed by atoms with Crippen LogP contribution in [0, 0.1) is 23.7 Å². The molecule has 360 valence electrons. The minimum atomic E-state index is -0.693. The molecule has 3 fully saturated rings. The number of hydrogen-bond donors (Lipinski definition) is 4. The first-order valence-corrected chi connectivity index (χ1v) is 24.7. The number of aromatic nitrogens is 4. The fourth-order valence-electron chi connectivity index (χ4n) is 11.4. The van der Waals surface area contributed by atoms with E-state index in [1.54, 1.807) is 11.1 Å². The summed E-state index contributed by atoms with van der Waals surface area (Å²) in [6.07, 6.45) is 12.8. The van der Waals surface area contributed by atoms with Crippen molar-refractivity contribution in [2.24, 2.45) is 11.8 Å². The summed E-state index contributed by atoms with van der Waals surface area (Å²) < 4.78 is 9.59. The molecule has 4 atom stereocenters. The zero-order valence-electron chi connectivity index (χ0n) is 40.6. The number of benzene rings is 3. The minimum absolute atomic E-state index is 0.103. The van der Waals surface area contributed by atoms with Gasteiger partial charge in [-0.15, -0.1) is 0 Å². The maximum atomic E-state index is 13.7. The highest BCUT2D eigenvalue weighted by Gasteiger charge is 2.44. The van der Waals surface area contributed by atoms with Gasteiger partial charge in [0.25, 0.3) is 0 Å². The number of aromatic amines is 2. The van der Waals surface area contributed by atoms with Gasteiger partial charge >= 0.3 is 12.2 Å². The number of nitrogens with one attached hydrogen (secondary N) is 4. The lowest BCUT2D eigenvalue weighted by Gasteiger charge is -2.30. The van der Waals surface area contributed by atoms with Crippen molar-refractivity contribution in [1.82, 2.24) is 40.4 Å². The molecule has 5 aromatic rings. The topological polar surface area (TPSA) is 175 Å².